The van der Waals surface area contributed by atoms with Gasteiger partial charge in [0, 0.05) is 34.8 Å². The highest BCUT2D eigenvalue weighted by molar-refractivity contribution is 7.18. The molecule has 4 N–H and O–H groups in total. The molecule has 4 aromatic rings. The number of aromatic nitrogens is 5. The standard InChI is InChI=1S/C18H17N7S/c19-18-25-24-17(26-18)11-3-4-14-12(5-11)13(7-21-14)15-8-20-9-16(23-15)22-6-10-1-2-10/h3-5,7-10,21H,1-2,6H2,(H2,19,25)(H,22,23). The second-order valence-corrected chi connectivity index (χ2v) is 7.53. The predicted octanol–water partition coefficient (Wildman–Crippen LogP) is 3.55. The molecule has 3 heterocycles. The van der Waals surface area contributed by atoms with Crippen molar-refractivity contribution in [3.05, 3.63) is 36.8 Å². The largest absolute Gasteiger partial charge is 0.374 e. The lowest BCUT2D eigenvalue weighted by Crippen LogP contribution is -2.05. The van der Waals surface area contributed by atoms with E-state index in [4.69, 9.17) is 10.7 Å². The van der Waals surface area contributed by atoms with Crippen molar-refractivity contribution in [1.82, 2.24) is 25.1 Å². The fourth-order valence-electron chi connectivity index (χ4n) is 2.97. The van der Waals surface area contributed by atoms with Gasteiger partial charge in [0.2, 0.25) is 5.13 Å². The van der Waals surface area contributed by atoms with Gasteiger partial charge in [-0.25, -0.2) is 4.98 Å². The molecule has 0 radical (unpaired) electrons. The Balaban J connectivity index is 1.52. The van der Waals surface area contributed by atoms with Gasteiger partial charge in [0.25, 0.3) is 0 Å². The number of H-pyrrole nitrogens is 1. The number of fused-ring (bicyclic) bond motifs is 1. The highest BCUT2D eigenvalue weighted by atomic mass is 32.1. The summed E-state index contributed by atoms with van der Waals surface area (Å²) in [6.07, 6.45) is 8.15. The molecule has 0 saturated heterocycles. The SMILES string of the molecule is Nc1nnc(-c2ccc3[nH]cc(-c4cncc(NCC5CC5)n4)c3c2)s1. The minimum Gasteiger partial charge on any atom is -0.374 e. The minimum atomic E-state index is 0.467. The molecule has 1 fully saturated rings. The number of nitrogen functional groups attached to an aromatic ring is 1. The third kappa shape index (κ3) is 2.88. The van der Waals surface area contributed by atoms with Crippen LogP contribution >= 0.6 is 11.3 Å². The van der Waals surface area contributed by atoms with Crippen LogP contribution in [0.15, 0.2) is 36.8 Å². The summed E-state index contributed by atoms with van der Waals surface area (Å²) >= 11 is 1.38. The van der Waals surface area contributed by atoms with E-state index in [1.165, 1.54) is 24.2 Å². The van der Waals surface area contributed by atoms with Gasteiger partial charge in [-0.2, -0.15) is 0 Å². The Kier molecular flexibility index (Phi) is 3.56. The third-order valence-corrected chi connectivity index (χ3v) is 5.35. The van der Waals surface area contributed by atoms with Gasteiger partial charge >= 0.3 is 0 Å². The molecule has 26 heavy (non-hydrogen) atoms. The van der Waals surface area contributed by atoms with E-state index in [2.05, 4.69) is 31.5 Å². The lowest BCUT2D eigenvalue weighted by Gasteiger charge is -2.06. The van der Waals surface area contributed by atoms with Gasteiger partial charge in [-0.05, 0) is 37.0 Å². The van der Waals surface area contributed by atoms with Crippen molar-refractivity contribution in [2.75, 3.05) is 17.6 Å². The van der Waals surface area contributed by atoms with Gasteiger partial charge in [0.05, 0.1) is 18.1 Å². The van der Waals surface area contributed by atoms with Crippen LogP contribution in [0, 0.1) is 5.92 Å². The second kappa shape index (κ2) is 6.06. The fraction of sp³-hybridized carbons (Fsp3) is 0.222. The summed E-state index contributed by atoms with van der Waals surface area (Å²) in [5, 5.41) is 13.8. The van der Waals surface area contributed by atoms with Gasteiger partial charge in [-0.3, -0.25) is 4.98 Å². The first-order chi connectivity index (χ1) is 12.8. The van der Waals surface area contributed by atoms with Crippen LogP contribution in [0.4, 0.5) is 10.9 Å². The molecular weight excluding hydrogens is 346 g/mol. The quantitative estimate of drug-likeness (QED) is 0.501. The first-order valence-corrected chi connectivity index (χ1v) is 9.35. The van der Waals surface area contributed by atoms with Crippen LogP contribution in [0.2, 0.25) is 0 Å². The number of anilines is 2. The van der Waals surface area contributed by atoms with Gasteiger partial charge in [-0.15, -0.1) is 10.2 Å². The second-order valence-electron chi connectivity index (χ2n) is 6.52. The van der Waals surface area contributed by atoms with E-state index in [9.17, 15) is 0 Å². The number of nitrogens with two attached hydrogens (primary N) is 1. The molecule has 5 rings (SSSR count). The molecule has 0 atom stereocenters. The molecule has 0 bridgehead atoms. The lowest BCUT2D eigenvalue weighted by atomic mass is 10.1. The van der Waals surface area contributed by atoms with Gasteiger partial charge in [0.1, 0.15) is 10.8 Å². The van der Waals surface area contributed by atoms with Crippen LogP contribution in [0.1, 0.15) is 12.8 Å². The molecule has 7 nitrogen and oxygen atoms in total. The third-order valence-electron chi connectivity index (χ3n) is 4.55. The monoisotopic (exact) mass is 363 g/mol. The molecule has 1 aromatic carbocycles. The van der Waals surface area contributed by atoms with E-state index in [1.54, 1.807) is 12.4 Å². The number of nitrogens with zero attached hydrogens (tertiary/aromatic N) is 4. The molecule has 8 heteroatoms. The van der Waals surface area contributed by atoms with Crippen LogP contribution in [-0.4, -0.2) is 31.7 Å². The molecule has 3 aromatic heterocycles. The molecular formula is C18H17N7S. The van der Waals surface area contributed by atoms with Crippen molar-refractivity contribution < 1.29 is 0 Å². The fourth-order valence-corrected chi connectivity index (χ4v) is 3.57. The average Bonchev–Trinajstić information content (AvgIpc) is 3.24. The van der Waals surface area contributed by atoms with Crippen molar-refractivity contribution in [1.29, 1.82) is 0 Å². The molecule has 0 unspecified atom stereocenters. The summed E-state index contributed by atoms with van der Waals surface area (Å²) in [7, 11) is 0. The van der Waals surface area contributed by atoms with E-state index in [-0.39, 0.29) is 0 Å². The first kappa shape index (κ1) is 15.3. The minimum absolute atomic E-state index is 0.467. The summed E-state index contributed by atoms with van der Waals surface area (Å²) in [4.78, 5) is 12.4. The first-order valence-electron chi connectivity index (χ1n) is 8.53. The zero-order valence-electron chi connectivity index (χ0n) is 13.9. The Morgan fingerprint density at radius 2 is 2.15 bits per heavy atom. The molecule has 130 valence electrons. The summed E-state index contributed by atoms with van der Waals surface area (Å²) < 4.78 is 0. The Bertz CT molecular complexity index is 1080. The molecule has 1 aliphatic carbocycles. The topological polar surface area (TPSA) is 105 Å². The Morgan fingerprint density at radius 3 is 2.96 bits per heavy atom. The van der Waals surface area contributed by atoms with Gasteiger partial charge < -0.3 is 16.0 Å². The van der Waals surface area contributed by atoms with Gasteiger partial charge in [0.15, 0.2) is 0 Å². The number of hydrogen-bond acceptors (Lipinski definition) is 7. The number of hydrogen-bond donors (Lipinski definition) is 3. The maximum Gasteiger partial charge on any atom is 0.203 e. The number of nitrogens with one attached hydrogen (secondary N) is 2. The molecule has 0 amide bonds. The zero-order valence-corrected chi connectivity index (χ0v) is 14.8. The summed E-state index contributed by atoms with van der Waals surface area (Å²) in [5.74, 6) is 1.60. The lowest BCUT2D eigenvalue weighted by molar-refractivity contribution is 0.881. The number of aromatic amines is 1. The van der Waals surface area contributed by atoms with Crippen molar-refractivity contribution in [2.24, 2.45) is 5.92 Å². The van der Waals surface area contributed by atoms with E-state index in [1.807, 2.05) is 18.3 Å². The van der Waals surface area contributed by atoms with Gasteiger partial charge in [-0.1, -0.05) is 11.3 Å². The summed E-state index contributed by atoms with van der Waals surface area (Å²) in [6.45, 7) is 0.967. The van der Waals surface area contributed by atoms with E-state index in [0.29, 0.717) is 5.13 Å². The molecule has 0 spiro atoms. The van der Waals surface area contributed by atoms with Crippen molar-refractivity contribution in [2.45, 2.75) is 12.8 Å². The Labute approximate surface area is 153 Å². The number of rotatable bonds is 5. The van der Waals surface area contributed by atoms with Crippen LogP contribution < -0.4 is 11.1 Å². The maximum absolute atomic E-state index is 5.71. The molecule has 1 aliphatic rings. The average molecular weight is 363 g/mol. The number of benzene rings is 1. The molecule has 1 saturated carbocycles. The van der Waals surface area contributed by atoms with Crippen LogP contribution in [0.3, 0.4) is 0 Å². The zero-order chi connectivity index (χ0) is 17.5. The van der Waals surface area contributed by atoms with Crippen LogP contribution in [0.5, 0.6) is 0 Å². The van der Waals surface area contributed by atoms with E-state index in [0.717, 1.165) is 51.0 Å². The van der Waals surface area contributed by atoms with E-state index >= 15 is 0 Å². The predicted molar refractivity (Wildman–Crippen MR) is 104 cm³/mol. The maximum atomic E-state index is 5.71. The smallest absolute Gasteiger partial charge is 0.203 e. The van der Waals surface area contributed by atoms with Crippen molar-refractivity contribution >= 4 is 33.2 Å². The highest BCUT2D eigenvalue weighted by Crippen LogP contribution is 2.33. The van der Waals surface area contributed by atoms with Crippen LogP contribution in [-0.2, 0) is 0 Å². The Morgan fingerprint density at radius 1 is 1.23 bits per heavy atom. The van der Waals surface area contributed by atoms with Crippen molar-refractivity contribution in [3.63, 3.8) is 0 Å². The van der Waals surface area contributed by atoms with Crippen LogP contribution in [0.25, 0.3) is 32.7 Å². The molecule has 0 aliphatic heterocycles. The Hall–Kier alpha value is -3.00. The summed E-state index contributed by atoms with van der Waals surface area (Å²) in [6, 6.07) is 6.14. The van der Waals surface area contributed by atoms with E-state index < -0.39 is 0 Å². The highest BCUT2D eigenvalue weighted by Gasteiger charge is 2.21. The normalized spacial score (nSPS) is 14.0. The summed E-state index contributed by atoms with van der Waals surface area (Å²) in [5.41, 5.74) is 9.60. The van der Waals surface area contributed by atoms with Crippen molar-refractivity contribution in [3.8, 4) is 21.8 Å².